The number of ketones is 3. The Kier molecular flexibility index (Phi) is 4.58. The lowest BCUT2D eigenvalue weighted by Crippen LogP contribution is -2.12. The van der Waals surface area contributed by atoms with Crippen molar-refractivity contribution < 1.29 is 14.4 Å². The highest BCUT2D eigenvalue weighted by Crippen LogP contribution is 2.13. The summed E-state index contributed by atoms with van der Waals surface area (Å²) in [5.41, 5.74) is 1.56. The first-order valence-corrected chi connectivity index (χ1v) is 7.12. The molecule has 0 saturated heterocycles. The third-order valence-corrected chi connectivity index (χ3v) is 3.80. The van der Waals surface area contributed by atoms with Crippen molar-refractivity contribution in [2.24, 2.45) is 0 Å². The maximum Gasteiger partial charge on any atom is 0.180 e. The number of hydrogen-bond acceptors (Lipinski definition) is 4. The normalized spacial score (nSPS) is 10.2. The molecule has 0 aliphatic heterocycles. The summed E-state index contributed by atoms with van der Waals surface area (Å²) in [6.07, 6.45) is -0.432. The molecule has 0 N–H and O–H groups in total. The van der Waals surface area contributed by atoms with E-state index in [4.69, 9.17) is 0 Å². The van der Waals surface area contributed by atoms with E-state index in [1.165, 1.54) is 11.3 Å². The number of hydrogen-bond donors (Lipinski definition) is 0. The van der Waals surface area contributed by atoms with Crippen molar-refractivity contribution in [1.29, 1.82) is 0 Å². The Morgan fingerprint density at radius 3 is 2.20 bits per heavy atom. The molecule has 0 bridgehead atoms. The van der Waals surface area contributed by atoms with Crippen LogP contribution in [0, 0.1) is 6.92 Å². The first kappa shape index (κ1) is 14.3. The van der Waals surface area contributed by atoms with Crippen molar-refractivity contribution in [2.45, 2.75) is 19.8 Å². The molecule has 3 nitrogen and oxygen atoms in total. The van der Waals surface area contributed by atoms with Gasteiger partial charge >= 0.3 is 0 Å². The Morgan fingerprint density at radius 1 is 0.950 bits per heavy atom. The van der Waals surface area contributed by atoms with Gasteiger partial charge in [0.15, 0.2) is 11.6 Å². The van der Waals surface area contributed by atoms with E-state index in [0.717, 1.165) is 5.56 Å². The molecule has 1 aromatic heterocycles. The van der Waals surface area contributed by atoms with Crippen LogP contribution >= 0.6 is 11.3 Å². The minimum absolute atomic E-state index is 0.210. The first-order chi connectivity index (χ1) is 9.56. The van der Waals surface area contributed by atoms with Crippen LogP contribution in [0.1, 0.15) is 38.4 Å². The van der Waals surface area contributed by atoms with Crippen LogP contribution in [0.25, 0.3) is 0 Å². The van der Waals surface area contributed by atoms with Crippen LogP contribution in [0.15, 0.2) is 41.8 Å². The van der Waals surface area contributed by atoms with Crippen molar-refractivity contribution >= 4 is 28.7 Å². The summed E-state index contributed by atoms with van der Waals surface area (Å²) in [7, 11) is 0. The van der Waals surface area contributed by atoms with Gasteiger partial charge in [0.1, 0.15) is 5.78 Å². The molecule has 0 unspecified atom stereocenters. The van der Waals surface area contributed by atoms with Crippen LogP contribution in [-0.2, 0) is 4.79 Å². The van der Waals surface area contributed by atoms with E-state index >= 15 is 0 Å². The molecule has 0 aliphatic carbocycles. The van der Waals surface area contributed by atoms with E-state index in [2.05, 4.69) is 0 Å². The first-order valence-electron chi connectivity index (χ1n) is 6.24. The van der Waals surface area contributed by atoms with Gasteiger partial charge < -0.3 is 0 Å². The number of Topliss-reactive ketones (excluding diaryl/α,β-unsaturated/α-hetero) is 3. The molecule has 0 spiro atoms. The fraction of sp³-hybridized carbons (Fsp3) is 0.188. The lowest BCUT2D eigenvalue weighted by molar-refractivity contribution is -0.117. The van der Waals surface area contributed by atoms with E-state index < -0.39 is 0 Å². The predicted molar refractivity (Wildman–Crippen MR) is 78.4 cm³/mol. The smallest absolute Gasteiger partial charge is 0.180 e. The molecular formula is C16H14O3S. The van der Waals surface area contributed by atoms with Gasteiger partial charge in [0.25, 0.3) is 0 Å². The Labute approximate surface area is 121 Å². The van der Waals surface area contributed by atoms with Gasteiger partial charge in [-0.05, 0) is 18.4 Å². The summed E-state index contributed by atoms with van der Waals surface area (Å²) in [4.78, 5) is 36.0. The summed E-state index contributed by atoms with van der Waals surface area (Å²) < 4.78 is 0. The highest BCUT2D eigenvalue weighted by atomic mass is 32.1. The maximum atomic E-state index is 11.9. The fourth-order valence-corrected chi connectivity index (χ4v) is 2.45. The topological polar surface area (TPSA) is 51.2 Å². The van der Waals surface area contributed by atoms with E-state index in [1.807, 2.05) is 19.1 Å². The predicted octanol–water partition coefficient (Wildman–Crippen LogP) is 3.47. The summed E-state index contributed by atoms with van der Waals surface area (Å²) in [6.45, 7) is 1.93. The summed E-state index contributed by atoms with van der Waals surface area (Å²) in [6, 6.07) is 10.5. The molecule has 0 radical (unpaired) electrons. The molecular weight excluding hydrogens is 272 g/mol. The molecule has 0 atom stereocenters. The molecule has 20 heavy (non-hydrogen) atoms. The van der Waals surface area contributed by atoms with Gasteiger partial charge in [0.05, 0.1) is 17.7 Å². The fourth-order valence-electron chi connectivity index (χ4n) is 1.79. The molecule has 1 aromatic carbocycles. The number of carbonyl (C=O) groups excluding carboxylic acids is 3. The van der Waals surface area contributed by atoms with Gasteiger partial charge in [-0.2, -0.15) is 0 Å². The van der Waals surface area contributed by atoms with Gasteiger partial charge in [-0.1, -0.05) is 35.9 Å². The van der Waals surface area contributed by atoms with Crippen LogP contribution in [0.4, 0.5) is 0 Å². The molecule has 1 heterocycles. The zero-order valence-electron chi connectivity index (χ0n) is 11.1. The summed E-state index contributed by atoms with van der Waals surface area (Å²) in [5.74, 6) is -0.801. The standard InChI is InChI=1S/C16H14O3S/c1-11-4-6-12(7-5-11)14(18)9-13(17)10-15(19)16-3-2-8-20-16/h2-8H,9-10H2,1H3. The molecule has 2 rings (SSSR count). The van der Waals surface area contributed by atoms with Gasteiger partial charge in [-0.15, -0.1) is 11.3 Å². The van der Waals surface area contributed by atoms with Gasteiger partial charge in [-0.3, -0.25) is 14.4 Å². The summed E-state index contributed by atoms with van der Waals surface area (Å²) in [5, 5.41) is 1.79. The average molecular weight is 286 g/mol. The number of carbonyl (C=O) groups is 3. The van der Waals surface area contributed by atoms with Gasteiger partial charge in [-0.25, -0.2) is 0 Å². The SMILES string of the molecule is Cc1ccc(C(=O)CC(=O)CC(=O)c2cccs2)cc1. The Hall–Kier alpha value is -2.07. The second kappa shape index (κ2) is 6.39. The van der Waals surface area contributed by atoms with Crippen LogP contribution in [-0.4, -0.2) is 17.3 Å². The molecule has 0 fully saturated rings. The molecule has 0 aliphatic rings. The van der Waals surface area contributed by atoms with Crippen LogP contribution < -0.4 is 0 Å². The minimum atomic E-state index is -0.339. The Bertz CT molecular complexity index is 624. The minimum Gasteiger partial charge on any atom is -0.299 e. The highest BCUT2D eigenvalue weighted by molar-refractivity contribution is 7.12. The third-order valence-electron chi connectivity index (χ3n) is 2.88. The quantitative estimate of drug-likeness (QED) is 0.603. The largest absolute Gasteiger partial charge is 0.299 e. The monoisotopic (exact) mass is 286 g/mol. The van der Waals surface area contributed by atoms with Crippen LogP contribution in [0.5, 0.6) is 0 Å². The van der Waals surface area contributed by atoms with Gasteiger partial charge in [0, 0.05) is 5.56 Å². The highest BCUT2D eigenvalue weighted by Gasteiger charge is 2.16. The number of rotatable bonds is 6. The van der Waals surface area contributed by atoms with Crippen molar-refractivity contribution in [3.63, 3.8) is 0 Å². The van der Waals surface area contributed by atoms with Crippen molar-refractivity contribution in [1.82, 2.24) is 0 Å². The van der Waals surface area contributed by atoms with E-state index in [9.17, 15) is 14.4 Å². The number of benzene rings is 1. The van der Waals surface area contributed by atoms with E-state index in [0.29, 0.717) is 10.4 Å². The zero-order chi connectivity index (χ0) is 14.5. The van der Waals surface area contributed by atoms with Crippen LogP contribution in [0.2, 0.25) is 0 Å². The maximum absolute atomic E-state index is 11.9. The van der Waals surface area contributed by atoms with E-state index in [-0.39, 0.29) is 30.2 Å². The molecule has 2 aromatic rings. The second-order valence-electron chi connectivity index (χ2n) is 4.58. The van der Waals surface area contributed by atoms with Crippen LogP contribution in [0.3, 0.4) is 0 Å². The zero-order valence-corrected chi connectivity index (χ0v) is 11.9. The van der Waals surface area contributed by atoms with Crippen molar-refractivity contribution in [2.75, 3.05) is 0 Å². The van der Waals surface area contributed by atoms with Crippen molar-refractivity contribution in [3.8, 4) is 0 Å². The van der Waals surface area contributed by atoms with E-state index in [1.54, 1.807) is 29.6 Å². The second-order valence-corrected chi connectivity index (χ2v) is 5.53. The molecule has 4 heteroatoms. The molecule has 0 saturated carbocycles. The lowest BCUT2D eigenvalue weighted by Gasteiger charge is -2.01. The van der Waals surface area contributed by atoms with Crippen molar-refractivity contribution in [3.05, 3.63) is 57.8 Å². The average Bonchev–Trinajstić information content (AvgIpc) is 2.93. The molecule has 102 valence electrons. The lowest BCUT2D eigenvalue weighted by atomic mass is 10.0. The van der Waals surface area contributed by atoms with Gasteiger partial charge in [0.2, 0.25) is 0 Å². The summed E-state index contributed by atoms with van der Waals surface area (Å²) >= 11 is 1.30. The Balaban J connectivity index is 1.93. The Morgan fingerprint density at radius 2 is 1.60 bits per heavy atom. The number of aryl methyl sites for hydroxylation is 1. The number of thiophene rings is 1. The third kappa shape index (κ3) is 3.71. The molecule has 0 amide bonds.